The Kier molecular flexibility index (Phi) is 7.62. The second kappa shape index (κ2) is 10.6. The van der Waals surface area contributed by atoms with Crippen LogP contribution in [0.3, 0.4) is 0 Å². The van der Waals surface area contributed by atoms with Gasteiger partial charge < -0.3 is 19.4 Å². The minimum atomic E-state index is -0.139. The molecule has 1 aromatic carbocycles. The van der Waals surface area contributed by atoms with Crippen molar-refractivity contribution in [1.29, 1.82) is 0 Å². The monoisotopic (exact) mass is 427 g/mol. The Balaban J connectivity index is 1.56. The van der Waals surface area contributed by atoms with Crippen LogP contribution in [0.15, 0.2) is 52.8 Å². The summed E-state index contributed by atoms with van der Waals surface area (Å²) < 4.78 is 13.1. The normalized spacial score (nSPS) is 10.6. The molecule has 0 aliphatic carbocycles. The number of nitrogens with one attached hydrogen (secondary N) is 1. The van der Waals surface area contributed by atoms with Gasteiger partial charge >= 0.3 is 4.87 Å². The summed E-state index contributed by atoms with van der Waals surface area (Å²) in [5.74, 6) is 1.72. The van der Waals surface area contributed by atoms with Crippen molar-refractivity contribution in [2.45, 2.75) is 39.8 Å². The number of hydrogen-bond donors (Lipinski definition) is 1. The van der Waals surface area contributed by atoms with Crippen molar-refractivity contribution in [3.05, 3.63) is 68.9 Å². The molecule has 8 heteroatoms. The van der Waals surface area contributed by atoms with Crippen LogP contribution in [0.25, 0.3) is 0 Å². The molecule has 0 aliphatic rings. The SMILES string of the molecule is CCCOc1ccc(Oc2ncccc2CNC(=O)CCn2c(C)csc2=O)cc1. The summed E-state index contributed by atoms with van der Waals surface area (Å²) in [6.45, 7) is 5.24. The van der Waals surface area contributed by atoms with Crippen molar-refractivity contribution in [1.82, 2.24) is 14.9 Å². The van der Waals surface area contributed by atoms with E-state index in [9.17, 15) is 9.59 Å². The third-order valence-corrected chi connectivity index (χ3v) is 5.26. The number of ether oxygens (including phenoxy) is 2. The van der Waals surface area contributed by atoms with Crippen molar-refractivity contribution < 1.29 is 14.3 Å². The maximum atomic E-state index is 12.2. The molecule has 0 atom stereocenters. The summed E-state index contributed by atoms with van der Waals surface area (Å²) in [5.41, 5.74) is 1.63. The van der Waals surface area contributed by atoms with E-state index in [1.54, 1.807) is 22.2 Å². The van der Waals surface area contributed by atoms with E-state index in [-0.39, 0.29) is 23.7 Å². The van der Waals surface area contributed by atoms with Gasteiger partial charge in [0, 0.05) is 42.3 Å². The average molecular weight is 428 g/mol. The van der Waals surface area contributed by atoms with E-state index < -0.39 is 0 Å². The lowest BCUT2D eigenvalue weighted by Crippen LogP contribution is -2.26. The first-order valence-corrected chi connectivity index (χ1v) is 10.7. The molecule has 0 unspecified atom stereocenters. The molecule has 0 saturated carbocycles. The van der Waals surface area contributed by atoms with Gasteiger partial charge in [-0.25, -0.2) is 4.98 Å². The number of benzene rings is 1. The van der Waals surface area contributed by atoms with Crippen LogP contribution in [0.5, 0.6) is 17.4 Å². The fourth-order valence-corrected chi connectivity index (χ4v) is 3.52. The van der Waals surface area contributed by atoms with Gasteiger partial charge in [-0.2, -0.15) is 0 Å². The Morgan fingerprint density at radius 1 is 1.20 bits per heavy atom. The molecular weight excluding hydrogens is 402 g/mol. The lowest BCUT2D eigenvalue weighted by molar-refractivity contribution is -0.121. The number of thiazole rings is 1. The van der Waals surface area contributed by atoms with E-state index in [1.807, 2.05) is 37.3 Å². The van der Waals surface area contributed by atoms with E-state index in [0.29, 0.717) is 24.8 Å². The average Bonchev–Trinajstić information content (AvgIpc) is 3.08. The fraction of sp³-hybridized carbons (Fsp3) is 0.318. The van der Waals surface area contributed by atoms with Gasteiger partial charge in [0.15, 0.2) is 0 Å². The minimum Gasteiger partial charge on any atom is -0.494 e. The molecule has 0 aliphatic heterocycles. The van der Waals surface area contributed by atoms with E-state index in [1.165, 1.54) is 0 Å². The largest absolute Gasteiger partial charge is 0.494 e. The van der Waals surface area contributed by atoms with Crippen molar-refractivity contribution >= 4 is 17.2 Å². The summed E-state index contributed by atoms with van der Waals surface area (Å²) in [6, 6.07) is 11.0. The van der Waals surface area contributed by atoms with Crippen LogP contribution >= 0.6 is 11.3 Å². The van der Waals surface area contributed by atoms with Crippen LogP contribution in [0, 0.1) is 6.92 Å². The second-order valence-corrected chi connectivity index (χ2v) is 7.53. The van der Waals surface area contributed by atoms with Crippen LogP contribution in [-0.4, -0.2) is 22.1 Å². The third kappa shape index (κ3) is 5.93. The Morgan fingerprint density at radius 2 is 1.97 bits per heavy atom. The Morgan fingerprint density at radius 3 is 2.67 bits per heavy atom. The van der Waals surface area contributed by atoms with Crippen LogP contribution in [0.2, 0.25) is 0 Å². The molecule has 30 heavy (non-hydrogen) atoms. The Bertz CT molecular complexity index is 1030. The predicted octanol–water partition coefficient (Wildman–Crippen LogP) is 3.90. The van der Waals surface area contributed by atoms with Gasteiger partial charge in [0.2, 0.25) is 11.8 Å². The molecule has 0 bridgehead atoms. The molecule has 7 nitrogen and oxygen atoms in total. The maximum absolute atomic E-state index is 12.2. The zero-order chi connectivity index (χ0) is 21.3. The van der Waals surface area contributed by atoms with Crippen molar-refractivity contribution in [3.8, 4) is 17.4 Å². The highest BCUT2D eigenvalue weighted by atomic mass is 32.1. The molecule has 3 rings (SSSR count). The van der Waals surface area contributed by atoms with Gasteiger partial charge in [0.1, 0.15) is 11.5 Å². The van der Waals surface area contributed by atoms with E-state index in [2.05, 4.69) is 17.2 Å². The summed E-state index contributed by atoms with van der Waals surface area (Å²) in [4.78, 5) is 28.2. The number of carbonyl (C=O) groups is 1. The van der Waals surface area contributed by atoms with Crippen LogP contribution < -0.4 is 19.7 Å². The minimum absolute atomic E-state index is 0.0469. The van der Waals surface area contributed by atoms with Crippen LogP contribution in [0.4, 0.5) is 0 Å². The first kappa shape index (κ1) is 21.6. The molecule has 1 amide bonds. The highest BCUT2D eigenvalue weighted by Gasteiger charge is 2.10. The molecular formula is C22H25N3O4S. The Labute approximate surface area is 179 Å². The summed E-state index contributed by atoms with van der Waals surface area (Å²) >= 11 is 1.14. The number of amides is 1. The quantitative estimate of drug-likeness (QED) is 0.531. The number of hydrogen-bond acceptors (Lipinski definition) is 6. The zero-order valence-corrected chi connectivity index (χ0v) is 17.9. The molecule has 0 saturated heterocycles. The highest BCUT2D eigenvalue weighted by Crippen LogP contribution is 2.25. The maximum Gasteiger partial charge on any atom is 0.307 e. The lowest BCUT2D eigenvalue weighted by atomic mass is 10.2. The van der Waals surface area contributed by atoms with E-state index >= 15 is 0 Å². The number of carbonyl (C=O) groups excluding carboxylic acids is 1. The molecule has 3 aromatic rings. The van der Waals surface area contributed by atoms with Crippen molar-refractivity contribution in [2.24, 2.45) is 0 Å². The van der Waals surface area contributed by atoms with Crippen LogP contribution in [0.1, 0.15) is 31.0 Å². The van der Waals surface area contributed by atoms with E-state index in [0.717, 1.165) is 34.8 Å². The predicted molar refractivity (Wildman–Crippen MR) is 116 cm³/mol. The van der Waals surface area contributed by atoms with Gasteiger partial charge in [-0.3, -0.25) is 9.59 Å². The van der Waals surface area contributed by atoms with Crippen molar-refractivity contribution in [3.63, 3.8) is 0 Å². The highest BCUT2D eigenvalue weighted by molar-refractivity contribution is 7.07. The summed E-state index contributed by atoms with van der Waals surface area (Å²) in [5, 5.41) is 4.66. The van der Waals surface area contributed by atoms with Gasteiger partial charge in [0.05, 0.1) is 6.61 Å². The number of aryl methyl sites for hydroxylation is 1. The smallest absolute Gasteiger partial charge is 0.307 e. The molecule has 2 heterocycles. The first-order valence-electron chi connectivity index (χ1n) is 9.83. The van der Waals surface area contributed by atoms with E-state index in [4.69, 9.17) is 9.47 Å². The lowest BCUT2D eigenvalue weighted by Gasteiger charge is -2.12. The Hall–Kier alpha value is -3.13. The zero-order valence-electron chi connectivity index (χ0n) is 17.1. The van der Waals surface area contributed by atoms with Crippen molar-refractivity contribution in [2.75, 3.05) is 6.61 Å². The fourth-order valence-electron chi connectivity index (χ4n) is 2.76. The van der Waals surface area contributed by atoms with Gasteiger partial charge in [-0.1, -0.05) is 24.3 Å². The molecule has 1 N–H and O–H groups in total. The number of rotatable bonds is 10. The van der Waals surface area contributed by atoms with Gasteiger partial charge in [0.25, 0.3) is 0 Å². The number of pyridine rings is 1. The van der Waals surface area contributed by atoms with Gasteiger partial charge in [-0.05, 0) is 43.7 Å². The molecule has 158 valence electrons. The molecule has 0 radical (unpaired) electrons. The summed E-state index contributed by atoms with van der Waals surface area (Å²) in [7, 11) is 0. The third-order valence-electron chi connectivity index (χ3n) is 4.38. The molecule has 0 fully saturated rings. The second-order valence-electron chi connectivity index (χ2n) is 6.71. The molecule has 2 aromatic heterocycles. The van der Waals surface area contributed by atoms with Crippen LogP contribution in [-0.2, 0) is 17.9 Å². The summed E-state index contributed by atoms with van der Waals surface area (Å²) in [6.07, 6.45) is 2.82. The molecule has 0 spiro atoms. The standard InChI is InChI=1S/C22H25N3O4S/c1-3-13-28-18-6-8-19(9-7-18)29-21-17(5-4-11-23-21)14-24-20(26)10-12-25-16(2)15-30-22(25)27/h4-9,11,15H,3,10,12-14H2,1-2H3,(H,24,26). The topological polar surface area (TPSA) is 82.4 Å². The van der Waals surface area contributed by atoms with Gasteiger partial charge in [-0.15, -0.1) is 0 Å². The number of nitrogens with zero attached hydrogens (tertiary/aromatic N) is 2. The number of aromatic nitrogens is 2. The first-order chi connectivity index (χ1) is 14.6.